The van der Waals surface area contributed by atoms with E-state index < -0.39 is 5.97 Å². The summed E-state index contributed by atoms with van der Waals surface area (Å²) in [7, 11) is 1.45. The van der Waals surface area contributed by atoms with Crippen molar-refractivity contribution in [3.63, 3.8) is 0 Å². The number of benzene rings is 2. The Morgan fingerprint density at radius 3 is 2.81 bits per heavy atom. The molecule has 6 nitrogen and oxygen atoms in total. The van der Waals surface area contributed by atoms with Gasteiger partial charge in [-0.05, 0) is 24.3 Å². The number of fused-ring (bicyclic) bond motifs is 3. The molecule has 2 aromatic carbocycles. The maximum atomic E-state index is 12.9. The molecular weight excluding hydrogens is 388 g/mol. The van der Waals surface area contributed by atoms with Crippen molar-refractivity contribution >= 4 is 51.0 Å². The summed E-state index contributed by atoms with van der Waals surface area (Å²) in [5.41, 5.74) is 1.78. The molecule has 0 unspecified atom stereocenters. The molecule has 0 aliphatic heterocycles. The van der Waals surface area contributed by atoms with E-state index in [0.717, 1.165) is 11.0 Å². The highest BCUT2D eigenvalue weighted by molar-refractivity contribution is 7.15. The Balaban J connectivity index is 1.99. The van der Waals surface area contributed by atoms with E-state index in [4.69, 9.17) is 21.1 Å². The van der Waals surface area contributed by atoms with Gasteiger partial charge in [0.05, 0.1) is 22.7 Å². The summed E-state index contributed by atoms with van der Waals surface area (Å²) in [6, 6.07) is 10.6. The smallest absolute Gasteiger partial charge is 0.308 e. The molecule has 0 bridgehead atoms. The fraction of sp³-hybridized carbons (Fsp3) is 0.105. The van der Waals surface area contributed by atoms with E-state index in [9.17, 15) is 9.59 Å². The molecule has 0 fully saturated rings. The molecule has 2 aromatic heterocycles. The van der Waals surface area contributed by atoms with E-state index in [1.54, 1.807) is 22.6 Å². The number of methoxy groups -OCH3 is 1. The van der Waals surface area contributed by atoms with Gasteiger partial charge < -0.3 is 9.47 Å². The molecule has 0 spiro atoms. The fourth-order valence-corrected chi connectivity index (χ4v) is 4.05. The van der Waals surface area contributed by atoms with Crippen LogP contribution in [0.25, 0.3) is 22.1 Å². The number of carbonyl (C=O) groups is 1. The van der Waals surface area contributed by atoms with Crippen molar-refractivity contribution in [2.24, 2.45) is 0 Å². The zero-order valence-corrected chi connectivity index (χ0v) is 15.9. The van der Waals surface area contributed by atoms with Gasteiger partial charge in [0.1, 0.15) is 0 Å². The number of nitrogens with zero attached hydrogens (tertiary/aromatic N) is 2. The van der Waals surface area contributed by atoms with Crippen LogP contribution in [0.15, 0.2) is 41.2 Å². The summed E-state index contributed by atoms with van der Waals surface area (Å²) in [6.45, 7) is 1.29. The average molecular weight is 401 g/mol. The summed E-state index contributed by atoms with van der Waals surface area (Å²) >= 11 is 7.40. The monoisotopic (exact) mass is 400 g/mol. The molecule has 136 valence electrons. The molecule has 0 saturated heterocycles. The van der Waals surface area contributed by atoms with Crippen LogP contribution in [0.2, 0.25) is 5.02 Å². The van der Waals surface area contributed by atoms with Gasteiger partial charge in [0.25, 0.3) is 5.56 Å². The molecule has 0 radical (unpaired) electrons. The lowest BCUT2D eigenvalue weighted by Gasteiger charge is -2.11. The molecule has 27 heavy (non-hydrogen) atoms. The highest BCUT2D eigenvalue weighted by Gasteiger charge is 2.15. The third kappa shape index (κ3) is 3.05. The van der Waals surface area contributed by atoms with Gasteiger partial charge in [-0.1, -0.05) is 35.1 Å². The van der Waals surface area contributed by atoms with Crippen molar-refractivity contribution < 1.29 is 14.3 Å². The van der Waals surface area contributed by atoms with E-state index in [0.29, 0.717) is 25.8 Å². The molecule has 4 rings (SSSR count). The van der Waals surface area contributed by atoms with Gasteiger partial charge >= 0.3 is 5.97 Å². The van der Waals surface area contributed by atoms with Gasteiger partial charge in [0, 0.05) is 23.6 Å². The third-order valence-corrected chi connectivity index (χ3v) is 5.13. The van der Waals surface area contributed by atoms with Crippen molar-refractivity contribution in [1.29, 1.82) is 0 Å². The first kappa shape index (κ1) is 17.5. The predicted molar refractivity (Wildman–Crippen MR) is 105 cm³/mol. The number of esters is 1. The van der Waals surface area contributed by atoms with Gasteiger partial charge in [-0.15, -0.1) is 0 Å². The summed E-state index contributed by atoms with van der Waals surface area (Å²) in [5.74, 6) is 0.0208. The minimum atomic E-state index is -0.500. The zero-order chi connectivity index (χ0) is 19.1. The molecule has 4 aromatic rings. The number of hydrogen-bond donors (Lipinski definition) is 0. The van der Waals surface area contributed by atoms with Crippen LogP contribution in [-0.4, -0.2) is 22.5 Å². The van der Waals surface area contributed by atoms with Gasteiger partial charge in [0.2, 0.25) is 0 Å². The SMILES string of the molecule is COc1cc(Cl)cc(/C=c2\sc3nc4ccccc4n3c2=O)c1OC(C)=O. The van der Waals surface area contributed by atoms with E-state index >= 15 is 0 Å². The Morgan fingerprint density at radius 2 is 2.07 bits per heavy atom. The minimum Gasteiger partial charge on any atom is -0.493 e. The van der Waals surface area contributed by atoms with E-state index in [-0.39, 0.29) is 11.3 Å². The van der Waals surface area contributed by atoms with Crippen LogP contribution in [0.5, 0.6) is 11.5 Å². The first-order chi connectivity index (χ1) is 13.0. The highest BCUT2D eigenvalue weighted by Crippen LogP contribution is 2.35. The number of para-hydroxylation sites is 2. The van der Waals surface area contributed by atoms with Gasteiger partial charge in [-0.2, -0.15) is 0 Å². The Morgan fingerprint density at radius 1 is 1.30 bits per heavy atom. The highest BCUT2D eigenvalue weighted by atomic mass is 35.5. The lowest BCUT2D eigenvalue weighted by Crippen LogP contribution is -2.22. The zero-order valence-electron chi connectivity index (χ0n) is 14.4. The van der Waals surface area contributed by atoms with Crippen LogP contribution in [-0.2, 0) is 4.79 Å². The Kier molecular flexibility index (Phi) is 4.33. The van der Waals surface area contributed by atoms with Crippen LogP contribution < -0.4 is 19.6 Å². The Labute approximate surface area is 162 Å². The largest absolute Gasteiger partial charge is 0.493 e. The number of rotatable bonds is 3. The molecule has 0 aliphatic carbocycles. The van der Waals surface area contributed by atoms with Crippen molar-refractivity contribution in [1.82, 2.24) is 9.38 Å². The second-order valence-corrected chi connectivity index (χ2v) is 7.20. The molecule has 2 heterocycles. The molecule has 8 heteroatoms. The van der Waals surface area contributed by atoms with Crippen LogP contribution >= 0.6 is 22.9 Å². The molecule has 0 atom stereocenters. The maximum Gasteiger partial charge on any atom is 0.308 e. The maximum absolute atomic E-state index is 12.9. The topological polar surface area (TPSA) is 69.9 Å². The van der Waals surface area contributed by atoms with Crippen molar-refractivity contribution in [2.45, 2.75) is 6.92 Å². The van der Waals surface area contributed by atoms with Gasteiger partial charge in [-0.25, -0.2) is 9.38 Å². The van der Waals surface area contributed by atoms with E-state index in [2.05, 4.69) is 4.98 Å². The Hall–Kier alpha value is -2.90. The van der Waals surface area contributed by atoms with E-state index in [1.807, 2.05) is 24.3 Å². The van der Waals surface area contributed by atoms with E-state index in [1.165, 1.54) is 25.4 Å². The number of halogens is 1. The minimum absolute atomic E-state index is 0.198. The number of hydrogen-bond acceptors (Lipinski definition) is 6. The Bertz CT molecular complexity index is 1310. The molecular formula is C19H13ClN2O4S. The molecule has 0 amide bonds. The van der Waals surface area contributed by atoms with Crippen LogP contribution in [0.1, 0.15) is 12.5 Å². The second kappa shape index (κ2) is 6.68. The number of carbonyl (C=O) groups excluding carboxylic acids is 1. The standard InChI is InChI=1S/C19H13ClN2O4S/c1-10(23)26-17-11(7-12(20)9-15(17)25-2)8-16-18(24)22-14-6-4-3-5-13(14)21-19(22)27-16/h3-9H,1-2H3/b16-8-. The van der Waals surface area contributed by atoms with Gasteiger partial charge in [-0.3, -0.25) is 9.59 Å². The van der Waals surface area contributed by atoms with Crippen LogP contribution in [0.4, 0.5) is 0 Å². The third-order valence-electron chi connectivity index (χ3n) is 3.95. The van der Waals surface area contributed by atoms with Gasteiger partial charge in [0.15, 0.2) is 16.5 Å². The van der Waals surface area contributed by atoms with Crippen molar-refractivity contribution in [3.05, 3.63) is 61.9 Å². The quantitative estimate of drug-likeness (QED) is 0.390. The molecule has 0 aliphatic rings. The first-order valence-corrected chi connectivity index (χ1v) is 9.15. The number of thiazole rings is 1. The lowest BCUT2D eigenvalue weighted by atomic mass is 10.1. The lowest BCUT2D eigenvalue weighted by molar-refractivity contribution is -0.132. The van der Waals surface area contributed by atoms with Crippen molar-refractivity contribution in [3.8, 4) is 11.5 Å². The average Bonchev–Trinajstić information content (AvgIpc) is 3.13. The predicted octanol–water partition coefficient (Wildman–Crippen LogP) is 3.04. The number of aromatic nitrogens is 2. The summed E-state index contributed by atoms with van der Waals surface area (Å²) in [4.78, 5) is 29.5. The normalized spacial score (nSPS) is 12.0. The summed E-state index contributed by atoms with van der Waals surface area (Å²) in [6.07, 6.45) is 1.63. The number of ether oxygens (including phenoxy) is 2. The summed E-state index contributed by atoms with van der Waals surface area (Å²) in [5, 5.41) is 0.397. The van der Waals surface area contributed by atoms with Crippen LogP contribution in [0.3, 0.4) is 0 Å². The molecule has 0 N–H and O–H groups in total. The van der Waals surface area contributed by atoms with Crippen molar-refractivity contribution in [2.75, 3.05) is 7.11 Å². The second-order valence-electron chi connectivity index (χ2n) is 5.75. The summed E-state index contributed by atoms with van der Waals surface area (Å²) < 4.78 is 12.6. The number of imidazole rings is 1. The fourth-order valence-electron chi connectivity index (χ4n) is 2.85. The molecule has 0 saturated carbocycles. The van der Waals surface area contributed by atoms with Crippen LogP contribution in [0, 0.1) is 0 Å². The first-order valence-electron chi connectivity index (χ1n) is 7.95.